The van der Waals surface area contributed by atoms with E-state index in [1.165, 1.54) is 0 Å². The lowest BCUT2D eigenvalue weighted by molar-refractivity contribution is 0.756. The quantitative estimate of drug-likeness (QED) is 0.927. The minimum absolute atomic E-state index is 0.125. The van der Waals surface area contributed by atoms with Crippen LogP contribution in [-0.4, -0.2) is 15.0 Å². The van der Waals surface area contributed by atoms with Crippen LogP contribution in [0.1, 0.15) is 24.4 Å². The zero-order valence-corrected chi connectivity index (χ0v) is 11.8. The van der Waals surface area contributed by atoms with Gasteiger partial charge in [0, 0.05) is 10.5 Å². The molecule has 0 saturated heterocycles. The van der Waals surface area contributed by atoms with E-state index >= 15 is 0 Å². The highest BCUT2D eigenvalue weighted by Crippen LogP contribution is 2.25. The van der Waals surface area contributed by atoms with Gasteiger partial charge in [-0.05, 0) is 48.0 Å². The Hall–Kier alpha value is -0.910. The largest absolute Gasteiger partial charge is 0.323 e. The van der Waals surface area contributed by atoms with Crippen LogP contribution in [0.4, 0.5) is 0 Å². The van der Waals surface area contributed by atoms with Crippen LogP contribution in [0.5, 0.6) is 0 Å². The summed E-state index contributed by atoms with van der Waals surface area (Å²) in [5.74, 6) is 0. The Morgan fingerprint density at radius 2 is 2.18 bits per heavy atom. The first-order valence-electron chi connectivity index (χ1n) is 5.14. The van der Waals surface area contributed by atoms with E-state index in [0.717, 1.165) is 21.5 Å². The summed E-state index contributed by atoms with van der Waals surface area (Å²) in [6.45, 7) is 3.83. The zero-order valence-electron chi connectivity index (χ0n) is 9.48. The van der Waals surface area contributed by atoms with E-state index in [9.17, 15) is 0 Å². The highest BCUT2D eigenvalue weighted by atomic mass is 79.9. The van der Waals surface area contributed by atoms with Crippen LogP contribution in [0.15, 0.2) is 22.7 Å². The molecule has 2 N–H and O–H groups in total. The maximum Gasteiger partial charge on any atom is 0.102 e. The van der Waals surface area contributed by atoms with Crippen LogP contribution in [0.3, 0.4) is 0 Å². The Kier molecular flexibility index (Phi) is 3.51. The van der Waals surface area contributed by atoms with Gasteiger partial charge in [-0.3, -0.25) is 0 Å². The Morgan fingerprint density at radius 1 is 1.47 bits per heavy atom. The van der Waals surface area contributed by atoms with Gasteiger partial charge in [-0.25, -0.2) is 4.68 Å². The van der Waals surface area contributed by atoms with Gasteiger partial charge in [0.25, 0.3) is 0 Å². The molecule has 1 unspecified atom stereocenters. The molecule has 0 aliphatic heterocycles. The van der Waals surface area contributed by atoms with Gasteiger partial charge in [0.2, 0.25) is 0 Å². The summed E-state index contributed by atoms with van der Waals surface area (Å²) in [6.07, 6.45) is 0. The Labute approximate surface area is 113 Å². The molecule has 1 heterocycles. The van der Waals surface area contributed by atoms with Crippen molar-refractivity contribution in [3.63, 3.8) is 0 Å². The molecule has 2 rings (SSSR count). The molecule has 1 atom stereocenters. The highest BCUT2D eigenvalue weighted by molar-refractivity contribution is 9.10. The maximum absolute atomic E-state index is 5.95. The number of nitrogens with two attached hydrogens (primary N) is 1. The predicted molar refractivity (Wildman–Crippen MR) is 71.4 cm³/mol. The standard InChI is InChI=1S/C11H12BrClN4/c1-6(14)11-7(2)17(16-15-11)8-3-4-10(13)9(12)5-8/h3-6H,14H2,1-2H3. The fourth-order valence-corrected chi connectivity index (χ4v) is 2.11. The van der Waals surface area contributed by atoms with Crippen molar-refractivity contribution in [3.05, 3.63) is 39.1 Å². The summed E-state index contributed by atoms with van der Waals surface area (Å²) < 4.78 is 2.58. The van der Waals surface area contributed by atoms with Crippen LogP contribution >= 0.6 is 27.5 Å². The Balaban J connectivity index is 2.50. The van der Waals surface area contributed by atoms with Crippen molar-refractivity contribution in [2.45, 2.75) is 19.9 Å². The monoisotopic (exact) mass is 314 g/mol. The second kappa shape index (κ2) is 4.76. The lowest BCUT2D eigenvalue weighted by Gasteiger charge is -2.06. The van der Waals surface area contributed by atoms with Crippen LogP contribution in [0, 0.1) is 6.92 Å². The average molecular weight is 316 g/mol. The predicted octanol–water partition coefficient (Wildman–Crippen LogP) is 3.01. The number of halogens is 2. The van der Waals surface area contributed by atoms with E-state index in [4.69, 9.17) is 17.3 Å². The molecule has 1 aromatic carbocycles. The lowest BCUT2D eigenvalue weighted by atomic mass is 10.2. The third-order valence-electron chi connectivity index (χ3n) is 2.51. The van der Waals surface area contributed by atoms with E-state index in [-0.39, 0.29) is 6.04 Å². The average Bonchev–Trinajstić information content (AvgIpc) is 2.64. The molecule has 6 heteroatoms. The number of aromatic nitrogens is 3. The molecule has 0 bridgehead atoms. The fourth-order valence-electron chi connectivity index (χ4n) is 1.62. The summed E-state index contributed by atoms with van der Waals surface area (Å²) in [5, 5.41) is 8.85. The summed E-state index contributed by atoms with van der Waals surface area (Å²) in [6, 6.07) is 5.47. The van der Waals surface area contributed by atoms with Gasteiger partial charge in [0.05, 0.1) is 16.4 Å². The first kappa shape index (κ1) is 12.5. The van der Waals surface area contributed by atoms with E-state index in [2.05, 4.69) is 26.2 Å². The van der Waals surface area contributed by atoms with Crippen molar-refractivity contribution in [1.29, 1.82) is 0 Å². The molecule has 17 heavy (non-hydrogen) atoms. The number of nitrogens with zero attached hydrogens (tertiary/aromatic N) is 3. The second-order valence-corrected chi connectivity index (χ2v) is 5.12. The van der Waals surface area contributed by atoms with Crippen molar-refractivity contribution in [1.82, 2.24) is 15.0 Å². The van der Waals surface area contributed by atoms with E-state index in [0.29, 0.717) is 5.02 Å². The molecule has 0 radical (unpaired) electrons. The van der Waals surface area contributed by atoms with Crippen LogP contribution in [0.2, 0.25) is 5.02 Å². The van der Waals surface area contributed by atoms with Gasteiger partial charge in [0.15, 0.2) is 0 Å². The fraction of sp³-hybridized carbons (Fsp3) is 0.273. The third-order valence-corrected chi connectivity index (χ3v) is 3.72. The molecular formula is C11H12BrClN4. The van der Waals surface area contributed by atoms with Crippen molar-refractivity contribution < 1.29 is 0 Å². The Bertz CT molecular complexity index is 550. The van der Waals surface area contributed by atoms with Gasteiger partial charge < -0.3 is 5.73 Å². The lowest BCUT2D eigenvalue weighted by Crippen LogP contribution is -2.07. The van der Waals surface area contributed by atoms with Crippen LogP contribution < -0.4 is 5.73 Å². The Morgan fingerprint density at radius 3 is 2.71 bits per heavy atom. The summed E-state index contributed by atoms with van der Waals surface area (Å²) >= 11 is 9.34. The van der Waals surface area contributed by atoms with E-state index < -0.39 is 0 Å². The second-order valence-electron chi connectivity index (χ2n) is 3.86. The zero-order chi connectivity index (χ0) is 12.6. The van der Waals surface area contributed by atoms with Gasteiger partial charge in [0.1, 0.15) is 5.69 Å². The van der Waals surface area contributed by atoms with E-state index in [1.807, 2.05) is 32.0 Å². The van der Waals surface area contributed by atoms with Crippen LogP contribution in [0.25, 0.3) is 5.69 Å². The van der Waals surface area contributed by atoms with Crippen molar-refractivity contribution in [3.8, 4) is 5.69 Å². The molecule has 0 fully saturated rings. The van der Waals surface area contributed by atoms with Gasteiger partial charge in [-0.2, -0.15) is 0 Å². The summed E-state index contributed by atoms with van der Waals surface area (Å²) in [4.78, 5) is 0. The SMILES string of the molecule is Cc1c(C(C)N)nnn1-c1ccc(Cl)c(Br)c1. The number of hydrogen-bond donors (Lipinski definition) is 1. The minimum atomic E-state index is -0.125. The molecule has 4 nitrogen and oxygen atoms in total. The number of benzene rings is 1. The van der Waals surface area contributed by atoms with E-state index in [1.54, 1.807) is 4.68 Å². The van der Waals surface area contributed by atoms with Crippen molar-refractivity contribution in [2.24, 2.45) is 5.73 Å². The first-order chi connectivity index (χ1) is 8.00. The van der Waals surface area contributed by atoms with Gasteiger partial charge in [-0.1, -0.05) is 16.8 Å². The van der Waals surface area contributed by atoms with Gasteiger partial charge in [-0.15, -0.1) is 5.10 Å². The normalized spacial score (nSPS) is 12.8. The topological polar surface area (TPSA) is 56.7 Å². The van der Waals surface area contributed by atoms with Crippen molar-refractivity contribution >= 4 is 27.5 Å². The van der Waals surface area contributed by atoms with Crippen molar-refractivity contribution in [2.75, 3.05) is 0 Å². The molecule has 0 spiro atoms. The molecular weight excluding hydrogens is 304 g/mol. The minimum Gasteiger partial charge on any atom is -0.323 e. The summed E-state index contributed by atoms with van der Waals surface area (Å²) in [5.41, 5.74) is 8.46. The van der Waals surface area contributed by atoms with Gasteiger partial charge >= 0.3 is 0 Å². The number of rotatable bonds is 2. The molecule has 90 valence electrons. The smallest absolute Gasteiger partial charge is 0.102 e. The maximum atomic E-state index is 5.95. The highest BCUT2D eigenvalue weighted by Gasteiger charge is 2.13. The molecule has 1 aromatic heterocycles. The molecule has 2 aromatic rings. The van der Waals surface area contributed by atoms with Crippen LogP contribution in [-0.2, 0) is 0 Å². The number of hydrogen-bond acceptors (Lipinski definition) is 3. The third kappa shape index (κ3) is 2.36. The molecule has 0 aliphatic rings. The first-order valence-corrected chi connectivity index (χ1v) is 6.31. The molecule has 0 saturated carbocycles. The summed E-state index contributed by atoms with van der Waals surface area (Å²) in [7, 11) is 0. The molecule has 0 amide bonds. The molecule has 0 aliphatic carbocycles.